The second kappa shape index (κ2) is 6.97. The van der Waals surface area contributed by atoms with E-state index in [9.17, 15) is 4.79 Å². The molecule has 1 aromatic heterocycles. The maximum Gasteiger partial charge on any atom is 0.256 e. The van der Waals surface area contributed by atoms with E-state index in [1.807, 2.05) is 30.3 Å². The predicted molar refractivity (Wildman–Crippen MR) is 95.5 cm³/mol. The monoisotopic (exact) mass is 339 g/mol. The average Bonchev–Trinajstić information content (AvgIpc) is 2.99. The quantitative estimate of drug-likeness (QED) is 0.619. The van der Waals surface area contributed by atoms with Gasteiger partial charge in [0.25, 0.3) is 5.91 Å². The van der Waals surface area contributed by atoms with Gasteiger partial charge in [0.1, 0.15) is 5.56 Å². The van der Waals surface area contributed by atoms with Crippen LogP contribution in [0.5, 0.6) is 0 Å². The molecule has 0 unspecified atom stereocenters. The summed E-state index contributed by atoms with van der Waals surface area (Å²) in [6.07, 6.45) is 1.63. The molecule has 0 radical (unpaired) electrons. The molecule has 6 nitrogen and oxygen atoms in total. The Morgan fingerprint density at radius 3 is 2.54 bits per heavy atom. The number of aliphatic imine (C=N–C) groups is 1. The molecular weight excluding hydrogens is 326 g/mol. The summed E-state index contributed by atoms with van der Waals surface area (Å²) in [5.74, 6) is -0.0201. The second-order valence-electron chi connectivity index (χ2n) is 4.96. The number of hydrogen-bond donors (Lipinski definition) is 3. The molecule has 0 aliphatic carbocycles. The Morgan fingerprint density at radius 2 is 1.88 bits per heavy atom. The molecule has 1 heterocycles. The van der Waals surface area contributed by atoms with E-state index < -0.39 is 5.91 Å². The number of anilines is 2. The maximum absolute atomic E-state index is 11.8. The van der Waals surface area contributed by atoms with Crippen molar-refractivity contribution in [1.29, 1.82) is 0 Å². The van der Waals surface area contributed by atoms with Crippen molar-refractivity contribution in [2.24, 2.45) is 10.7 Å². The summed E-state index contributed by atoms with van der Waals surface area (Å²) in [4.78, 5) is 16.1. The smallest absolute Gasteiger partial charge is 0.256 e. The minimum absolute atomic E-state index is 0.192. The van der Waals surface area contributed by atoms with Crippen LogP contribution in [0.4, 0.5) is 17.3 Å². The summed E-state index contributed by atoms with van der Waals surface area (Å²) >= 11 is 5.86. The van der Waals surface area contributed by atoms with Gasteiger partial charge in [-0.15, -0.1) is 0 Å². The van der Waals surface area contributed by atoms with Gasteiger partial charge in [-0.2, -0.15) is 5.10 Å². The third kappa shape index (κ3) is 3.61. The highest BCUT2D eigenvalue weighted by Gasteiger charge is 2.18. The van der Waals surface area contributed by atoms with Crippen LogP contribution in [0.1, 0.15) is 15.9 Å². The summed E-state index contributed by atoms with van der Waals surface area (Å²) in [7, 11) is 0. The third-order valence-corrected chi connectivity index (χ3v) is 3.49. The van der Waals surface area contributed by atoms with Crippen LogP contribution in [0.25, 0.3) is 0 Å². The van der Waals surface area contributed by atoms with Crippen molar-refractivity contribution >= 4 is 41.0 Å². The van der Waals surface area contributed by atoms with Crippen molar-refractivity contribution in [2.45, 2.75) is 0 Å². The van der Waals surface area contributed by atoms with Gasteiger partial charge >= 0.3 is 0 Å². The number of halogens is 1. The standard InChI is InChI=1S/C17H14ClN5O/c18-12-6-8-13(9-7-12)21-17-14(15(19)24)16(22-23-17)20-10-11-4-2-1-3-5-11/h1-10H,(H2,19,24)(H2,21,22,23)/b20-10+. The van der Waals surface area contributed by atoms with E-state index in [1.54, 1.807) is 30.5 Å². The number of nitrogens with one attached hydrogen (secondary N) is 2. The fraction of sp³-hybridized carbons (Fsp3) is 0. The number of aromatic nitrogens is 2. The molecule has 0 aliphatic rings. The minimum atomic E-state index is -0.625. The number of primary amides is 1. The normalized spacial score (nSPS) is 10.9. The van der Waals surface area contributed by atoms with Gasteiger partial charge in [0, 0.05) is 16.9 Å². The third-order valence-electron chi connectivity index (χ3n) is 3.24. The summed E-state index contributed by atoms with van der Waals surface area (Å²) in [5.41, 5.74) is 7.29. The molecule has 0 spiro atoms. The number of nitrogens with zero attached hydrogens (tertiary/aromatic N) is 2. The molecule has 1 amide bonds. The first-order valence-electron chi connectivity index (χ1n) is 7.13. The number of aromatic amines is 1. The molecule has 7 heteroatoms. The van der Waals surface area contributed by atoms with Crippen molar-refractivity contribution in [3.8, 4) is 0 Å². The largest absolute Gasteiger partial charge is 0.365 e. The Labute approximate surface area is 143 Å². The number of rotatable bonds is 5. The molecule has 4 N–H and O–H groups in total. The number of hydrogen-bond acceptors (Lipinski definition) is 4. The van der Waals surface area contributed by atoms with Crippen LogP contribution >= 0.6 is 11.6 Å². The number of amides is 1. The van der Waals surface area contributed by atoms with Gasteiger partial charge < -0.3 is 11.1 Å². The first-order chi connectivity index (χ1) is 11.6. The Hall–Kier alpha value is -3.12. The van der Waals surface area contributed by atoms with Crippen LogP contribution in [-0.2, 0) is 0 Å². The number of carbonyl (C=O) groups is 1. The van der Waals surface area contributed by atoms with Gasteiger partial charge in [-0.3, -0.25) is 9.89 Å². The van der Waals surface area contributed by atoms with Gasteiger partial charge in [-0.1, -0.05) is 41.9 Å². The first kappa shape index (κ1) is 15.8. The van der Waals surface area contributed by atoms with Crippen molar-refractivity contribution in [3.05, 3.63) is 70.7 Å². The molecule has 0 atom stereocenters. The molecule has 2 aromatic carbocycles. The zero-order valence-electron chi connectivity index (χ0n) is 12.5. The van der Waals surface area contributed by atoms with E-state index in [0.717, 1.165) is 11.3 Å². The Morgan fingerprint density at radius 1 is 1.17 bits per heavy atom. The molecule has 0 aliphatic heterocycles. The lowest BCUT2D eigenvalue weighted by Crippen LogP contribution is -2.12. The summed E-state index contributed by atoms with van der Waals surface area (Å²) in [6, 6.07) is 16.5. The van der Waals surface area contributed by atoms with E-state index in [1.165, 1.54) is 0 Å². The molecule has 0 fully saturated rings. The van der Waals surface area contributed by atoms with E-state index in [-0.39, 0.29) is 5.56 Å². The van der Waals surface area contributed by atoms with Crippen molar-refractivity contribution in [2.75, 3.05) is 5.32 Å². The maximum atomic E-state index is 11.8. The van der Waals surface area contributed by atoms with Crippen molar-refractivity contribution in [3.63, 3.8) is 0 Å². The lowest BCUT2D eigenvalue weighted by atomic mass is 10.2. The number of benzene rings is 2. The molecule has 3 rings (SSSR count). The number of H-pyrrole nitrogens is 1. The molecular formula is C17H14ClN5O. The second-order valence-corrected chi connectivity index (χ2v) is 5.40. The zero-order chi connectivity index (χ0) is 16.9. The van der Waals surface area contributed by atoms with E-state index >= 15 is 0 Å². The van der Waals surface area contributed by atoms with Gasteiger partial charge in [-0.05, 0) is 29.8 Å². The Kier molecular flexibility index (Phi) is 4.58. The van der Waals surface area contributed by atoms with E-state index in [2.05, 4.69) is 20.5 Å². The zero-order valence-corrected chi connectivity index (χ0v) is 13.3. The van der Waals surface area contributed by atoms with Gasteiger partial charge in [0.05, 0.1) is 0 Å². The van der Waals surface area contributed by atoms with Crippen molar-refractivity contribution < 1.29 is 4.79 Å². The Balaban J connectivity index is 1.89. The highest BCUT2D eigenvalue weighted by Crippen LogP contribution is 2.26. The van der Waals surface area contributed by atoms with Crippen LogP contribution in [0.2, 0.25) is 5.02 Å². The highest BCUT2D eigenvalue weighted by atomic mass is 35.5. The SMILES string of the molecule is NC(=O)c1c(Nc2ccc(Cl)cc2)n[nH]c1/N=C/c1ccccc1. The molecule has 120 valence electrons. The van der Waals surface area contributed by atoms with Crippen LogP contribution in [0, 0.1) is 0 Å². The molecule has 0 saturated carbocycles. The van der Waals surface area contributed by atoms with E-state index in [0.29, 0.717) is 16.7 Å². The van der Waals surface area contributed by atoms with Crippen molar-refractivity contribution in [1.82, 2.24) is 10.2 Å². The lowest BCUT2D eigenvalue weighted by Gasteiger charge is -2.04. The van der Waals surface area contributed by atoms with Crippen LogP contribution in [0.3, 0.4) is 0 Å². The minimum Gasteiger partial charge on any atom is -0.365 e. The molecule has 24 heavy (non-hydrogen) atoms. The average molecular weight is 340 g/mol. The summed E-state index contributed by atoms with van der Waals surface area (Å²) in [5, 5.41) is 10.4. The van der Waals surface area contributed by atoms with Crippen LogP contribution in [0.15, 0.2) is 59.6 Å². The van der Waals surface area contributed by atoms with Gasteiger partial charge in [0.2, 0.25) is 0 Å². The summed E-state index contributed by atoms with van der Waals surface area (Å²) < 4.78 is 0. The van der Waals surface area contributed by atoms with Gasteiger partial charge in [-0.25, -0.2) is 4.99 Å². The van der Waals surface area contributed by atoms with Crippen LogP contribution in [-0.4, -0.2) is 22.3 Å². The van der Waals surface area contributed by atoms with E-state index in [4.69, 9.17) is 17.3 Å². The number of carbonyl (C=O) groups excluding carboxylic acids is 1. The predicted octanol–water partition coefficient (Wildman–Crippen LogP) is 3.66. The van der Waals surface area contributed by atoms with Crippen LogP contribution < -0.4 is 11.1 Å². The highest BCUT2D eigenvalue weighted by molar-refractivity contribution is 6.30. The fourth-order valence-electron chi connectivity index (χ4n) is 2.10. The van der Waals surface area contributed by atoms with Gasteiger partial charge in [0.15, 0.2) is 11.6 Å². The topological polar surface area (TPSA) is 96.2 Å². The molecule has 3 aromatic rings. The first-order valence-corrected chi connectivity index (χ1v) is 7.51. The molecule has 0 saturated heterocycles. The lowest BCUT2D eigenvalue weighted by molar-refractivity contribution is 0.100. The summed E-state index contributed by atoms with van der Waals surface area (Å²) in [6.45, 7) is 0. The Bertz CT molecular complexity index is 872. The fourth-order valence-corrected chi connectivity index (χ4v) is 2.22. The number of nitrogens with two attached hydrogens (primary N) is 1. The molecule has 0 bridgehead atoms.